The molecule has 1 saturated heterocycles. The SMILES string of the molecule is O=S(=O)(c1cncc(C#CCO)c1)N1CCCC1. The van der Waals surface area contributed by atoms with Gasteiger partial charge in [0.1, 0.15) is 11.5 Å². The second-order valence-electron chi connectivity index (χ2n) is 3.98. The van der Waals surface area contributed by atoms with Gasteiger partial charge in [0.25, 0.3) is 0 Å². The molecule has 1 fully saturated rings. The largest absolute Gasteiger partial charge is 0.384 e. The fraction of sp³-hybridized carbons (Fsp3) is 0.417. The lowest BCUT2D eigenvalue weighted by Crippen LogP contribution is -2.28. The van der Waals surface area contributed by atoms with Crippen molar-refractivity contribution in [3.05, 3.63) is 24.0 Å². The van der Waals surface area contributed by atoms with Crippen LogP contribution in [0, 0.1) is 11.8 Å². The Morgan fingerprint density at radius 3 is 2.72 bits per heavy atom. The van der Waals surface area contributed by atoms with Crippen molar-refractivity contribution in [3.8, 4) is 11.8 Å². The average molecular weight is 266 g/mol. The number of aromatic nitrogens is 1. The molecule has 2 rings (SSSR count). The third kappa shape index (κ3) is 2.70. The third-order valence-electron chi connectivity index (χ3n) is 2.73. The summed E-state index contributed by atoms with van der Waals surface area (Å²) in [7, 11) is -3.45. The fourth-order valence-corrected chi connectivity index (χ4v) is 3.35. The third-order valence-corrected chi connectivity index (χ3v) is 4.59. The van der Waals surface area contributed by atoms with Crippen LogP contribution in [0.25, 0.3) is 0 Å². The van der Waals surface area contributed by atoms with Crippen molar-refractivity contribution >= 4 is 10.0 Å². The molecule has 0 radical (unpaired) electrons. The van der Waals surface area contributed by atoms with E-state index in [9.17, 15) is 8.42 Å². The van der Waals surface area contributed by atoms with Gasteiger partial charge in [-0.2, -0.15) is 4.31 Å². The number of rotatable bonds is 2. The molecule has 6 heteroatoms. The molecule has 1 aromatic heterocycles. The minimum absolute atomic E-state index is 0.161. The van der Waals surface area contributed by atoms with Crippen molar-refractivity contribution in [1.82, 2.24) is 9.29 Å². The molecule has 2 heterocycles. The summed E-state index contributed by atoms with van der Waals surface area (Å²) in [5, 5.41) is 8.61. The second-order valence-corrected chi connectivity index (χ2v) is 5.92. The normalized spacial score (nSPS) is 16.3. The van der Waals surface area contributed by atoms with Gasteiger partial charge in [0.15, 0.2) is 0 Å². The maximum Gasteiger partial charge on any atom is 0.244 e. The van der Waals surface area contributed by atoms with Crippen molar-refractivity contribution < 1.29 is 13.5 Å². The minimum Gasteiger partial charge on any atom is -0.384 e. The van der Waals surface area contributed by atoms with Crippen LogP contribution in [0.3, 0.4) is 0 Å². The van der Waals surface area contributed by atoms with Crippen LogP contribution in [0.1, 0.15) is 18.4 Å². The highest BCUT2D eigenvalue weighted by Gasteiger charge is 2.27. The summed E-state index contributed by atoms with van der Waals surface area (Å²) in [6.45, 7) is 0.868. The van der Waals surface area contributed by atoms with E-state index in [2.05, 4.69) is 16.8 Å². The van der Waals surface area contributed by atoms with Crippen LogP contribution < -0.4 is 0 Å². The van der Waals surface area contributed by atoms with Crippen LogP contribution >= 0.6 is 0 Å². The van der Waals surface area contributed by atoms with Gasteiger partial charge in [0, 0.05) is 31.0 Å². The number of aliphatic hydroxyl groups excluding tert-OH is 1. The highest BCUT2D eigenvalue weighted by Crippen LogP contribution is 2.20. The van der Waals surface area contributed by atoms with E-state index in [-0.39, 0.29) is 11.5 Å². The Kier molecular flexibility index (Phi) is 3.97. The summed E-state index contributed by atoms with van der Waals surface area (Å²) in [5.41, 5.74) is 0.490. The first-order chi connectivity index (χ1) is 8.64. The number of sulfonamides is 1. The molecular formula is C12H14N2O3S. The summed E-state index contributed by atoms with van der Waals surface area (Å²) < 4.78 is 26.0. The first kappa shape index (κ1) is 13.0. The smallest absolute Gasteiger partial charge is 0.244 e. The van der Waals surface area contributed by atoms with E-state index >= 15 is 0 Å². The molecule has 0 amide bonds. The molecule has 0 aromatic carbocycles. The summed E-state index contributed by atoms with van der Waals surface area (Å²) in [6, 6.07) is 1.49. The Labute approximate surface area is 107 Å². The topological polar surface area (TPSA) is 70.5 Å². The maximum absolute atomic E-state index is 12.2. The van der Waals surface area contributed by atoms with Crippen LogP contribution in [0.15, 0.2) is 23.4 Å². The zero-order valence-electron chi connectivity index (χ0n) is 9.83. The highest BCUT2D eigenvalue weighted by molar-refractivity contribution is 7.89. The first-order valence-electron chi connectivity index (χ1n) is 5.69. The lowest BCUT2D eigenvalue weighted by atomic mass is 10.3. The molecule has 5 nitrogen and oxygen atoms in total. The molecule has 96 valence electrons. The average Bonchev–Trinajstić information content (AvgIpc) is 2.91. The Balaban J connectivity index is 2.32. The van der Waals surface area contributed by atoms with Gasteiger partial charge in [-0.05, 0) is 18.9 Å². The lowest BCUT2D eigenvalue weighted by Gasteiger charge is -2.15. The molecule has 1 aliphatic rings. The van der Waals surface area contributed by atoms with Crippen molar-refractivity contribution in [2.45, 2.75) is 17.7 Å². The number of hydrogen-bond acceptors (Lipinski definition) is 4. The Morgan fingerprint density at radius 1 is 1.33 bits per heavy atom. The summed E-state index contributed by atoms with van der Waals surface area (Å²) in [6.07, 6.45) is 4.61. The fourth-order valence-electron chi connectivity index (χ4n) is 1.85. The van der Waals surface area contributed by atoms with E-state index in [1.54, 1.807) is 0 Å². The molecule has 18 heavy (non-hydrogen) atoms. The second kappa shape index (κ2) is 5.48. The monoisotopic (exact) mass is 266 g/mol. The summed E-state index contributed by atoms with van der Waals surface area (Å²) in [4.78, 5) is 4.05. The quantitative estimate of drug-likeness (QED) is 0.777. The molecule has 0 unspecified atom stereocenters. The molecular weight excluding hydrogens is 252 g/mol. The van der Waals surface area contributed by atoms with Gasteiger partial charge in [-0.25, -0.2) is 8.42 Å². The zero-order valence-corrected chi connectivity index (χ0v) is 10.7. The molecule has 0 bridgehead atoms. The zero-order chi connectivity index (χ0) is 13.0. The number of aliphatic hydroxyl groups is 1. The summed E-state index contributed by atoms with van der Waals surface area (Å²) >= 11 is 0. The van der Waals surface area contributed by atoms with Gasteiger partial charge in [-0.3, -0.25) is 4.98 Å². The van der Waals surface area contributed by atoms with Crippen molar-refractivity contribution in [1.29, 1.82) is 0 Å². The Bertz CT molecular complexity index is 581. The van der Waals surface area contributed by atoms with Crippen LogP contribution in [-0.2, 0) is 10.0 Å². The van der Waals surface area contributed by atoms with E-state index < -0.39 is 10.0 Å². The van der Waals surface area contributed by atoms with Crippen molar-refractivity contribution in [2.75, 3.05) is 19.7 Å². The predicted octanol–water partition coefficient (Wildman–Crippen LogP) is 0.210. The van der Waals surface area contributed by atoms with E-state index in [0.29, 0.717) is 18.7 Å². The molecule has 0 saturated carbocycles. The molecule has 1 aliphatic heterocycles. The number of hydrogen-bond donors (Lipinski definition) is 1. The van der Waals surface area contributed by atoms with Gasteiger partial charge in [-0.15, -0.1) is 0 Å². The first-order valence-corrected chi connectivity index (χ1v) is 7.13. The Hall–Kier alpha value is -1.42. The van der Waals surface area contributed by atoms with E-state index in [1.807, 2.05) is 0 Å². The summed E-state index contributed by atoms with van der Waals surface area (Å²) in [5.74, 6) is 5.12. The van der Waals surface area contributed by atoms with Gasteiger partial charge in [-0.1, -0.05) is 11.8 Å². The van der Waals surface area contributed by atoms with Gasteiger partial charge >= 0.3 is 0 Å². The van der Waals surface area contributed by atoms with Crippen LogP contribution in [-0.4, -0.2) is 42.5 Å². The number of pyridine rings is 1. The van der Waals surface area contributed by atoms with Crippen molar-refractivity contribution in [2.24, 2.45) is 0 Å². The molecule has 0 spiro atoms. The predicted molar refractivity (Wildman–Crippen MR) is 66.2 cm³/mol. The van der Waals surface area contributed by atoms with Crippen LogP contribution in [0.4, 0.5) is 0 Å². The Morgan fingerprint density at radius 2 is 2.06 bits per heavy atom. The van der Waals surface area contributed by atoms with E-state index in [0.717, 1.165) is 12.8 Å². The lowest BCUT2D eigenvalue weighted by molar-refractivity contribution is 0.350. The molecule has 1 N–H and O–H groups in total. The van der Waals surface area contributed by atoms with Gasteiger partial charge in [0.2, 0.25) is 10.0 Å². The molecule has 0 aliphatic carbocycles. The molecule has 1 aromatic rings. The van der Waals surface area contributed by atoms with E-state index in [4.69, 9.17) is 5.11 Å². The van der Waals surface area contributed by atoms with Crippen LogP contribution in [0.5, 0.6) is 0 Å². The van der Waals surface area contributed by atoms with Crippen molar-refractivity contribution in [3.63, 3.8) is 0 Å². The maximum atomic E-state index is 12.2. The number of nitrogens with zero attached hydrogens (tertiary/aromatic N) is 2. The van der Waals surface area contributed by atoms with Gasteiger partial charge in [0.05, 0.1) is 0 Å². The molecule has 0 atom stereocenters. The van der Waals surface area contributed by atoms with Gasteiger partial charge < -0.3 is 5.11 Å². The standard InChI is InChI=1S/C12H14N2O3S/c15-7-3-4-11-8-12(10-13-9-11)18(16,17)14-5-1-2-6-14/h8-10,15H,1-2,5-7H2. The van der Waals surface area contributed by atoms with Crippen LogP contribution in [0.2, 0.25) is 0 Å². The highest BCUT2D eigenvalue weighted by atomic mass is 32.2. The minimum atomic E-state index is -3.45. The van der Waals surface area contributed by atoms with E-state index in [1.165, 1.54) is 22.8 Å².